The minimum Gasteiger partial charge on any atom is -0.497 e. The van der Waals surface area contributed by atoms with Crippen LogP contribution >= 0.6 is 0 Å². The lowest BCUT2D eigenvalue weighted by Crippen LogP contribution is -2.47. The Morgan fingerprint density at radius 1 is 1.17 bits per heavy atom. The molecule has 1 saturated heterocycles. The summed E-state index contributed by atoms with van der Waals surface area (Å²) in [7, 11) is 1.72. The van der Waals surface area contributed by atoms with Gasteiger partial charge < -0.3 is 19.7 Å². The van der Waals surface area contributed by atoms with Crippen molar-refractivity contribution in [3.8, 4) is 5.75 Å². The molecule has 0 saturated carbocycles. The van der Waals surface area contributed by atoms with Crippen molar-refractivity contribution < 1.29 is 14.3 Å². The predicted octanol–water partition coefficient (Wildman–Crippen LogP) is 3.75. The summed E-state index contributed by atoms with van der Waals surface area (Å²) >= 11 is 0. The highest BCUT2D eigenvalue weighted by molar-refractivity contribution is 5.74. The van der Waals surface area contributed by atoms with Gasteiger partial charge in [0.15, 0.2) is 0 Å². The minimum absolute atomic E-state index is 0.0122. The second-order valence-corrected chi connectivity index (χ2v) is 7.91. The van der Waals surface area contributed by atoms with Gasteiger partial charge in [0, 0.05) is 25.0 Å². The molecular formula is C24H30N2O3. The molecule has 2 aliphatic rings. The topological polar surface area (TPSA) is 50.8 Å². The summed E-state index contributed by atoms with van der Waals surface area (Å²) in [6, 6.07) is 17.2. The molecule has 1 heterocycles. The molecule has 5 nitrogen and oxygen atoms in total. The van der Waals surface area contributed by atoms with Crippen LogP contribution in [0.3, 0.4) is 0 Å². The quantitative estimate of drug-likeness (QED) is 0.840. The van der Waals surface area contributed by atoms with Crippen LogP contribution in [0.2, 0.25) is 0 Å². The lowest BCUT2D eigenvalue weighted by atomic mass is 9.64. The molecule has 0 bridgehead atoms. The molecule has 2 amide bonds. The number of morpholine rings is 1. The first-order valence-electron chi connectivity index (χ1n) is 10.6. The monoisotopic (exact) mass is 394 g/mol. The molecule has 2 aromatic carbocycles. The number of hydrogen-bond donors (Lipinski definition) is 1. The number of fused-ring (bicyclic) bond motifs is 1. The molecule has 0 aromatic heterocycles. The Balaban J connectivity index is 1.59. The maximum absolute atomic E-state index is 12.6. The van der Waals surface area contributed by atoms with Crippen molar-refractivity contribution in [2.24, 2.45) is 0 Å². The van der Waals surface area contributed by atoms with Gasteiger partial charge in [0.1, 0.15) is 5.75 Å². The third-order valence-electron chi connectivity index (χ3n) is 6.33. The smallest absolute Gasteiger partial charge is 0.317 e. The molecule has 5 heteroatoms. The maximum Gasteiger partial charge on any atom is 0.317 e. The SMILES string of the molecule is COc1ccc2c(c1)C(CCNC(=O)N1CCOCC1)(c1ccccc1)CCC2. The Kier molecular flexibility index (Phi) is 6.05. The number of nitrogens with zero attached hydrogens (tertiary/aromatic N) is 1. The predicted molar refractivity (Wildman–Crippen MR) is 114 cm³/mol. The highest BCUT2D eigenvalue weighted by Gasteiger charge is 2.38. The zero-order valence-electron chi connectivity index (χ0n) is 17.2. The van der Waals surface area contributed by atoms with E-state index in [0.29, 0.717) is 32.8 Å². The van der Waals surface area contributed by atoms with E-state index in [1.165, 1.54) is 16.7 Å². The van der Waals surface area contributed by atoms with E-state index in [1.54, 1.807) is 7.11 Å². The van der Waals surface area contributed by atoms with Crippen molar-refractivity contribution in [1.82, 2.24) is 10.2 Å². The molecule has 154 valence electrons. The minimum atomic E-state index is -0.109. The summed E-state index contributed by atoms with van der Waals surface area (Å²) in [6.45, 7) is 3.20. The Morgan fingerprint density at radius 3 is 2.72 bits per heavy atom. The Bertz CT molecular complexity index is 833. The molecule has 29 heavy (non-hydrogen) atoms. The maximum atomic E-state index is 12.6. The number of methoxy groups -OCH3 is 1. The Morgan fingerprint density at radius 2 is 1.97 bits per heavy atom. The van der Waals surface area contributed by atoms with Crippen molar-refractivity contribution in [3.05, 3.63) is 65.2 Å². The van der Waals surface area contributed by atoms with E-state index in [1.807, 2.05) is 4.90 Å². The van der Waals surface area contributed by atoms with E-state index in [2.05, 4.69) is 53.8 Å². The van der Waals surface area contributed by atoms with Crippen LogP contribution in [0.4, 0.5) is 4.79 Å². The number of carbonyl (C=O) groups is 1. The number of nitrogens with one attached hydrogen (secondary N) is 1. The van der Waals surface area contributed by atoms with Crippen LogP contribution in [0.25, 0.3) is 0 Å². The average molecular weight is 395 g/mol. The molecule has 1 unspecified atom stereocenters. The average Bonchev–Trinajstić information content (AvgIpc) is 2.80. The molecule has 1 fully saturated rings. The number of hydrogen-bond acceptors (Lipinski definition) is 3. The fourth-order valence-electron chi connectivity index (χ4n) is 4.78. The van der Waals surface area contributed by atoms with Gasteiger partial charge in [0.05, 0.1) is 20.3 Å². The first kappa shape index (κ1) is 19.8. The summed E-state index contributed by atoms with van der Waals surface area (Å²) < 4.78 is 10.9. The highest BCUT2D eigenvalue weighted by atomic mass is 16.5. The molecule has 0 radical (unpaired) electrons. The Labute approximate surface area is 173 Å². The van der Waals surface area contributed by atoms with Crippen molar-refractivity contribution in [2.75, 3.05) is 40.0 Å². The number of aryl methyl sites for hydroxylation is 1. The fourth-order valence-corrected chi connectivity index (χ4v) is 4.78. The van der Waals surface area contributed by atoms with E-state index in [0.717, 1.165) is 31.4 Å². The van der Waals surface area contributed by atoms with Gasteiger partial charge >= 0.3 is 6.03 Å². The summed E-state index contributed by atoms with van der Waals surface area (Å²) in [4.78, 5) is 14.4. The van der Waals surface area contributed by atoms with E-state index in [4.69, 9.17) is 9.47 Å². The van der Waals surface area contributed by atoms with Crippen molar-refractivity contribution in [1.29, 1.82) is 0 Å². The van der Waals surface area contributed by atoms with E-state index >= 15 is 0 Å². The summed E-state index contributed by atoms with van der Waals surface area (Å²) in [6.07, 6.45) is 4.18. The number of carbonyl (C=O) groups excluding carboxylic acids is 1. The summed E-state index contributed by atoms with van der Waals surface area (Å²) in [5.41, 5.74) is 3.94. The van der Waals surface area contributed by atoms with Gasteiger partial charge in [-0.15, -0.1) is 0 Å². The number of ether oxygens (including phenoxy) is 2. The zero-order valence-corrected chi connectivity index (χ0v) is 17.2. The lowest BCUT2D eigenvalue weighted by Gasteiger charge is -2.40. The van der Waals surface area contributed by atoms with Crippen LogP contribution in [0.1, 0.15) is 36.0 Å². The first-order valence-corrected chi connectivity index (χ1v) is 10.6. The van der Waals surface area contributed by atoms with Gasteiger partial charge in [-0.25, -0.2) is 4.79 Å². The number of urea groups is 1. The molecule has 1 aliphatic heterocycles. The van der Waals surface area contributed by atoms with Gasteiger partial charge in [-0.1, -0.05) is 36.4 Å². The Hall–Kier alpha value is -2.53. The standard InChI is InChI=1S/C24H30N2O3/c1-28-21-10-9-19-6-5-11-24(22(19)18-21,20-7-3-2-4-8-20)12-13-25-23(27)26-14-16-29-17-15-26/h2-4,7-10,18H,5-6,11-17H2,1H3,(H,25,27). The van der Waals surface area contributed by atoms with Crippen LogP contribution in [0.15, 0.2) is 48.5 Å². The van der Waals surface area contributed by atoms with Gasteiger partial charge in [-0.3, -0.25) is 0 Å². The first-order chi connectivity index (χ1) is 14.2. The molecule has 1 N–H and O–H groups in total. The third-order valence-corrected chi connectivity index (χ3v) is 6.33. The molecule has 1 atom stereocenters. The largest absolute Gasteiger partial charge is 0.497 e. The molecule has 2 aromatic rings. The van der Waals surface area contributed by atoms with Crippen molar-refractivity contribution in [2.45, 2.75) is 31.1 Å². The van der Waals surface area contributed by atoms with Crippen LogP contribution in [0.5, 0.6) is 5.75 Å². The van der Waals surface area contributed by atoms with Crippen LogP contribution in [0, 0.1) is 0 Å². The van der Waals surface area contributed by atoms with Crippen LogP contribution in [-0.2, 0) is 16.6 Å². The molecule has 1 aliphatic carbocycles. The van der Waals surface area contributed by atoms with Crippen LogP contribution < -0.4 is 10.1 Å². The van der Waals surface area contributed by atoms with Gasteiger partial charge in [-0.05, 0) is 54.5 Å². The molecular weight excluding hydrogens is 364 g/mol. The fraction of sp³-hybridized carbons (Fsp3) is 0.458. The zero-order chi connectivity index (χ0) is 20.1. The van der Waals surface area contributed by atoms with Crippen molar-refractivity contribution in [3.63, 3.8) is 0 Å². The van der Waals surface area contributed by atoms with E-state index in [-0.39, 0.29) is 11.4 Å². The summed E-state index contributed by atoms with van der Waals surface area (Å²) in [5, 5.41) is 3.15. The number of benzene rings is 2. The summed E-state index contributed by atoms with van der Waals surface area (Å²) in [5.74, 6) is 0.892. The van der Waals surface area contributed by atoms with E-state index < -0.39 is 0 Å². The van der Waals surface area contributed by atoms with Crippen LogP contribution in [-0.4, -0.2) is 50.9 Å². The van der Waals surface area contributed by atoms with Crippen molar-refractivity contribution >= 4 is 6.03 Å². The second kappa shape index (κ2) is 8.87. The lowest BCUT2D eigenvalue weighted by molar-refractivity contribution is 0.0531. The number of amides is 2. The highest BCUT2D eigenvalue weighted by Crippen LogP contribution is 2.46. The number of rotatable bonds is 5. The van der Waals surface area contributed by atoms with Gasteiger partial charge in [0.25, 0.3) is 0 Å². The van der Waals surface area contributed by atoms with E-state index in [9.17, 15) is 4.79 Å². The second-order valence-electron chi connectivity index (χ2n) is 7.91. The third kappa shape index (κ3) is 4.10. The molecule has 0 spiro atoms. The molecule has 4 rings (SSSR count). The van der Waals surface area contributed by atoms with Gasteiger partial charge in [0.2, 0.25) is 0 Å². The van der Waals surface area contributed by atoms with Gasteiger partial charge in [-0.2, -0.15) is 0 Å². The normalized spacial score (nSPS) is 21.3.